The van der Waals surface area contributed by atoms with Gasteiger partial charge in [0.2, 0.25) is 5.95 Å². The number of aliphatic hydroxyl groups is 1. The molecule has 0 saturated heterocycles. The predicted octanol–water partition coefficient (Wildman–Crippen LogP) is 2.39. The fourth-order valence-corrected chi connectivity index (χ4v) is 3.86. The number of hydrogen-bond donors (Lipinski definition) is 2. The van der Waals surface area contributed by atoms with Crippen LogP contribution in [-0.2, 0) is 20.6 Å². The Hall–Kier alpha value is -3.70. The lowest BCUT2D eigenvalue weighted by Crippen LogP contribution is -2.38. The second-order valence-corrected chi connectivity index (χ2v) is 8.99. The minimum absolute atomic E-state index is 0.00178. The van der Waals surface area contributed by atoms with Gasteiger partial charge in [-0.25, -0.2) is 10.2 Å². The molecule has 4 aromatic rings. The highest BCUT2D eigenvalue weighted by atomic mass is 79.9. The molecule has 0 spiro atoms. The molecule has 35 heavy (non-hydrogen) atoms. The molecule has 0 aliphatic heterocycles. The van der Waals surface area contributed by atoms with E-state index in [0.717, 1.165) is 20.2 Å². The number of rotatable bonds is 8. The Morgan fingerprint density at radius 1 is 1.14 bits per heavy atom. The Morgan fingerprint density at radius 2 is 1.86 bits per heavy atom. The van der Waals surface area contributed by atoms with Gasteiger partial charge in [-0.15, -0.1) is 0 Å². The van der Waals surface area contributed by atoms with E-state index in [4.69, 9.17) is 4.74 Å². The van der Waals surface area contributed by atoms with Gasteiger partial charge in [0.25, 0.3) is 5.56 Å². The molecule has 0 aliphatic rings. The lowest BCUT2D eigenvalue weighted by molar-refractivity contribution is 0.0935. The predicted molar refractivity (Wildman–Crippen MR) is 138 cm³/mol. The van der Waals surface area contributed by atoms with Crippen LogP contribution < -0.4 is 21.4 Å². The summed E-state index contributed by atoms with van der Waals surface area (Å²) in [5, 5.41) is 15.0. The molecule has 182 valence electrons. The van der Waals surface area contributed by atoms with Gasteiger partial charge in [-0.05, 0) is 36.2 Å². The number of nitrogens with one attached hydrogen (secondary N) is 1. The summed E-state index contributed by atoms with van der Waals surface area (Å²) in [6.07, 6.45) is 0.635. The number of hydrazone groups is 1. The molecule has 2 aromatic heterocycles. The molecule has 2 N–H and O–H groups in total. The van der Waals surface area contributed by atoms with Gasteiger partial charge in [0.1, 0.15) is 18.5 Å². The Morgan fingerprint density at radius 3 is 2.57 bits per heavy atom. The third kappa shape index (κ3) is 5.20. The molecule has 0 saturated carbocycles. The quantitative estimate of drug-likeness (QED) is 0.262. The number of benzene rings is 2. The molecule has 0 fully saturated rings. The molecule has 0 amide bonds. The van der Waals surface area contributed by atoms with Crippen molar-refractivity contribution < 1.29 is 9.84 Å². The molecule has 0 aliphatic carbocycles. The highest BCUT2D eigenvalue weighted by Gasteiger charge is 2.21. The average Bonchev–Trinajstić information content (AvgIpc) is 3.20. The van der Waals surface area contributed by atoms with Gasteiger partial charge in [-0.2, -0.15) is 10.1 Å². The van der Waals surface area contributed by atoms with E-state index in [0.29, 0.717) is 5.75 Å². The van der Waals surface area contributed by atoms with Gasteiger partial charge in [0.15, 0.2) is 11.2 Å². The second kappa shape index (κ2) is 10.3. The second-order valence-electron chi connectivity index (χ2n) is 8.08. The Bertz CT molecular complexity index is 1500. The van der Waals surface area contributed by atoms with Gasteiger partial charge in [0.05, 0.1) is 12.8 Å². The van der Waals surface area contributed by atoms with Crippen molar-refractivity contribution >= 4 is 39.3 Å². The summed E-state index contributed by atoms with van der Waals surface area (Å²) in [6, 6.07) is 15.0. The number of para-hydroxylation sites is 1. The molecule has 2 heterocycles. The van der Waals surface area contributed by atoms with Crippen molar-refractivity contribution in [2.75, 3.05) is 12.0 Å². The number of aryl methyl sites for hydroxylation is 2. The van der Waals surface area contributed by atoms with E-state index in [1.54, 1.807) is 6.21 Å². The van der Waals surface area contributed by atoms with Crippen molar-refractivity contribution in [1.29, 1.82) is 0 Å². The smallest absolute Gasteiger partial charge is 0.332 e. The number of nitrogens with zero attached hydrogens (tertiary/aromatic N) is 5. The van der Waals surface area contributed by atoms with E-state index >= 15 is 0 Å². The van der Waals surface area contributed by atoms with E-state index in [-0.39, 0.29) is 30.3 Å². The minimum atomic E-state index is -0.968. The SMILES string of the molecule is Cc1ccccc1OC[C@@H](O)Cn1c(N/N=C\c2ccc(Br)cc2)nc2c1c(=O)n(C)c(=O)n2C. The molecule has 0 bridgehead atoms. The highest BCUT2D eigenvalue weighted by Crippen LogP contribution is 2.19. The number of halogens is 1. The zero-order chi connectivity index (χ0) is 25.1. The summed E-state index contributed by atoms with van der Waals surface area (Å²) in [5.74, 6) is 0.874. The molecular formula is C24H25BrN6O4. The maximum Gasteiger partial charge on any atom is 0.332 e. The molecule has 0 unspecified atom stereocenters. The van der Waals surface area contributed by atoms with E-state index in [1.807, 2.05) is 55.5 Å². The molecule has 10 nitrogen and oxygen atoms in total. The van der Waals surface area contributed by atoms with Gasteiger partial charge < -0.3 is 14.4 Å². The van der Waals surface area contributed by atoms with Crippen LogP contribution in [0.1, 0.15) is 11.1 Å². The summed E-state index contributed by atoms with van der Waals surface area (Å²) in [4.78, 5) is 29.8. The van der Waals surface area contributed by atoms with Crippen LogP contribution in [0.5, 0.6) is 5.75 Å². The number of ether oxygens (including phenoxy) is 1. The van der Waals surface area contributed by atoms with Crippen LogP contribution in [0.25, 0.3) is 11.2 Å². The van der Waals surface area contributed by atoms with Crippen molar-refractivity contribution in [2.24, 2.45) is 19.2 Å². The first-order valence-corrected chi connectivity index (χ1v) is 11.6. The first kappa shape index (κ1) is 24.4. The van der Waals surface area contributed by atoms with Crippen LogP contribution in [0.15, 0.2) is 67.7 Å². The molecule has 4 rings (SSSR count). The lowest BCUT2D eigenvalue weighted by Gasteiger charge is -2.16. The number of hydrogen-bond acceptors (Lipinski definition) is 7. The summed E-state index contributed by atoms with van der Waals surface area (Å²) in [5.41, 5.74) is 3.97. The van der Waals surface area contributed by atoms with E-state index in [1.165, 1.54) is 23.2 Å². The summed E-state index contributed by atoms with van der Waals surface area (Å²) in [6.45, 7) is 1.91. The fourth-order valence-electron chi connectivity index (χ4n) is 3.59. The standard InChI is InChI=1S/C24H25BrN6O4/c1-15-6-4-5-7-19(15)35-14-18(32)13-31-20-21(29(2)24(34)30(3)22(20)33)27-23(31)28-26-12-16-8-10-17(25)11-9-16/h4-12,18,32H,13-14H2,1-3H3,(H,27,28)/b26-12-/t18-/m0/s1. The van der Waals surface area contributed by atoms with Gasteiger partial charge >= 0.3 is 5.69 Å². The van der Waals surface area contributed by atoms with Crippen LogP contribution >= 0.6 is 15.9 Å². The van der Waals surface area contributed by atoms with Gasteiger partial charge in [-0.3, -0.25) is 13.9 Å². The van der Waals surface area contributed by atoms with Crippen molar-refractivity contribution in [2.45, 2.75) is 19.6 Å². The molecule has 2 aromatic carbocycles. The average molecular weight is 541 g/mol. The topological polar surface area (TPSA) is 116 Å². The lowest BCUT2D eigenvalue weighted by atomic mass is 10.2. The first-order chi connectivity index (χ1) is 16.8. The number of aromatic nitrogens is 4. The van der Waals surface area contributed by atoms with Crippen molar-refractivity contribution in [3.05, 3.63) is 85.0 Å². The Balaban J connectivity index is 1.66. The summed E-state index contributed by atoms with van der Waals surface area (Å²) >= 11 is 3.39. The normalized spacial score (nSPS) is 12.4. The molecular weight excluding hydrogens is 516 g/mol. The summed E-state index contributed by atoms with van der Waals surface area (Å²) < 4.78 is 10.5. The maximum absolute atomic E-state index is 13.0. The first-order valence-electron chi connectivity index (χ1n) is 10.8. The number of imidazole rings is 1. The van der Waals surface area contributed by atoms with Gasteiger partial charge in [-0.1, -0.05) is 46.3 Å². The van der Waals surface area contributed by atoms with E-state index in [2.05, 4.69) is 31.4 Å². The van der Waals surface area contributed by atoms with Crippen molar-refractivity contribution in [3.63, 3.8) is 0 Å². The zero-order valence-corrected chi connectivity index (χ0v) is 21.1. The van der Waals surface area contributed by atoms with Gasteiger partial charge in [0, 0.05) is 18.6 Å². The number of anilines is 1. The number of aliphatic hydroxyl groups excluding tert-OH is 1. The van der Waals surface area contributed by atoms with Crippen molar-refractivity contribution in [3.8, 4) is 5.75 Å². The van der Waals surface area contributed by atoms with Crippen LogP contribution in [0, 0.1) is 6.92 Å². The molecule has 1 atom stereocenters. The van der Waals surface area contributed by atoms with Crippen LogP contribution in [0.3, 0.4) is 0 Å². The third-order valence-electron chi connectivity index (χ3n) is 5.51. The maximum atomic E-state index is 13.0. The highest BCUT2D eigenvalue weighted by molar-refractivity contribution is 9.10. The zero-order valence-electron chi connectivity index (χ0n) is 19.5. The fraction of sp³-hybridized carbons (Fsp3) is 0.250. The Kier molecular flexibility index (Phi) is 7.17. The Labute approximate surface area is 209 Å². The monoisotopic (exact) mass is 540 g/mol. The molecule has 0 radical (unpaired) electrons. The van der Waals surface area contributed by atoms with Crippen LogP contribution in [-0.4, -0.2) is 42.7 Å². The summed E-state index contributed by atoms with van der Waals surface area (Å²) in [7, 11) is 2.94. The largest absolute Gasteiger partial charge is 0.491 e. The van der Waals surface area contributed by atoms with E-state index < -0.39 is 17.4 Å². The van der Waals surface area contributed by atoms with E-state index in [9.17, 15) is 14.7 Å². The third-order valence-corrected chi connectivity index (χ3v) is 6.04. The molecule has 11 heteroatoms. The van der Waals surface area contributed by atoms with Crippen molar-refractivity contribution in [1.82, 2.24) is 18.7 Å². The van der Waals surface area contributed by atoms with Crippen LogP contribution in [0.4, 0.5) is 5.95 Å². The minimum Gasteiger partial charge on any atom is -0.491 e. The van der Waals surface area contributed by atoms with Crippen LogP contribution in [0.2, 0.25) is 0 Å². The number of fused-ring (bicyclic) bond motifs is 1.